The lowest BCUT2D eigenvalue weighted by Gasteiger charge is -2.72. The number of unbranched alkanes of at least 4 members (excludes halogenated alkanes) is 2. The number of aliphatic hydroxyl groups excluding tert-OH is 12. The number of fused-ring (bicyclic) bond motifs is 21. The second kappa shape index (κ2) is 40.4. The van der Waals surface area contributed by atoms with Gasteiger partial charge in [-0.05, 0) is 314 Å². The molecule has 0 saturated heterocycles. The van der Waals surface area contributed by atoms with Crippen molar-refractivity contribution in [3.8, 4) is 0 Å². The van der Waals surface area contributed by atoms with E-state index in [0.29, 0.717) is 93.8 Å². The number of carbonyl (C=O) groups is 6. The van der Waals surface area contributed by atoms with Crippen LogP contribution in [-0.2, 0) is 57.2 Å². The molecule has 0 aromatic heterocycles. The molecule has 24 heteroatoms. The van der Waals surface area contributed by atoms with Crippen molar-refractivity contribution in [1.29, 1.82) is 0 Å². The summed E-state index contributed by atoms with van der Waals surface area (Å²) in [6, 6.07) is 0. The van der Waals surface area contributed by atoms with Gasteiger partial charge in [-0.2, -0.15) is 0 Å². The van der Waals surface area contributed by atoms with Crippen LogP contribution in [-0.4, -0.2) is 210 Å². The van der Waals surface area contributed by atoms with Crippen LogP contribution in [0.2, 0.25) is 0 Å². The van der Waals surface area contributed by atoms with E-state index in [1.54, 1.807) is 39.0 Å². The Labute approximate surface area is 856 Å². The molecule has 0 aliphatic heterocycles. The first-order valence-electron chi connectivity index (χ1n) is 55.4. The molecule has 12 fully saturated rings. The molecule has 12 N–H and O–H groups in total. The highest BCUT2D eigenvalue weighted by atomic mass is 16.6. The van der Waals surface area contributed by atoms with Crippen molar-refractivity contribution in [2.45, 2.75) is 440 Å². The van der Waals surface area contributed by atoms with Gasteiger partial charge in [-0.1, -0.05) is 211 Å². The molecule has 143 heavy (non-hydrogen) atoms. The Balaban J connectivity index is 0.000000180. The number of allylic oxidation sites excluding steroid dienone is 9. The van der Waals surface area contributed by atoms with E-state index in [1.807, 2.05) is 76.2 Å². The van der Waals surface area contributed by atoms with E-state index >= 15 is 0 Å². The summed E-state index contributed by atoms with van der Waals surface area (Å²) >= 11 is 0. The predicted molar refractivity (Wildman–Crippen MR) is 549 cm³/mol. The van der Waals surface area contributed by atoms with E-state index in [-0.39, 0.29) is 161 Å². The van der Waals surface area contributed by atoms with Gasteiger partial charge in [-0.25, -0.2) is 14.4 Å². The van der Waals surface area contributed by atoms with Gasteiger partial charge in [-0.3, -0.25) is 14.4 Å². The van der Waals surface area contributed by atoms with Crippen molar-refractivity contribution in [1.82, 2.24) is 0 Å². The van der Waals surface area contributed by atoms with Gasteiger partial charge in [0.2, 0.25) is 0 Å². The van der Waals surface area contributed by atoms with Crippen LogP contribution in [0.25, 0.3) is 0 Å². The highest BCUT2D eigenvalue weighted by Gasteiger charge is 2.79. The quantitative estimate of drug-likeness (QED) is 0.0157. The molecule has 12 saturated carbocycles. The molecule has 36 atom stereocenters. The zero-order valence-electron chi connectivity index (χ0n) is 92.8. The van der Waals surface area contributed by atoms with Crippen LogP contribution in [0.1, 0.15) is 367 Å². The zero-order valence-corrected chi connectivity index (χ0v) is 92.8. The molecule has 0 radical (unpaired) electrons. The fourth-order valence-electron chi connectivity index (χ4n) is 35.9. The van der Waals surface area contributed by atoms with E-state index in [9.17, 15) is 90.0 Å². The molecular formula is C119H190O24. The fourth-order valence-corrected chi connectivity index (χ4v) is 35.9. The van der Waals surface area contributed by atoms with Crippen molar-refractivity contribution in [3.63, 3.8) is 0 Å². The number of ether oxygens (including phenoxy) is 6. The monoisotopic (exact) mass is 2000 g/mol. The molecule has 0 amide bonds. The molecule has 0 aromatic carbocycles. The molecule has 0 heterocycles. The van der Waals surface area contributed by atoms with E-state index in [4.69, 9.17) is 28.4 Å². The molecule has 0 bridgehead atoms. The average molecular weight is 2000 g/mol. The van der Waals surface area contributed by atoms with Gasteiger partial charge in [0, 0.05) is 46.3 Å². The van der Waals surface area contributed by atoms with Gasteiger partial charge < -0.3 is 89.7 Å². The topological polar surface area (TPSA) is 401 Å². The maximum Gasteiger partial charge on any atom is 0.333 e. The van der Waals surface area contributed by atoms with Crippen molar-refractivity contribution < 1.29 is 118 Å². The lowest BCUT2D eigenvalue weighted by molar-refractivity contribution is -0.261. The third kappa shape index (κ3) is 17.8. The zero-order chi connectivity index (χ0) is 106. The van der Waals surface area contributed by atoms with Gasteiger partial charge >= 0.3 is 35.8 Å². The molecule has 0 spiro atoms. The lowest BCUT2D eigenvalue weighted by Crippen LogP contribution is -2.72. The Morgan fingerprint density at radius 2 is 0.615 bits per heavy atom. The Hall–Kier alpha value is -5.22. The van der Waals surface area contributed by atoms with E-state index in [1.165, 1.54) is 23.6 Å². The minimum Gasteiger partial charge on any atom is -0.465 e. The Morgan fingerprint density at radius 3 is 0.881 bits per heavy atom. The summed E-state index contributed by atoms with van der Waals surface area (Å²) in [5, 5.41) is 141. The van der Waals surface area contributed by atoms with Crippen LogP contribution in [0.4, 0.5) is 0 Å². The normalized spacial score (nSPS) is 46.9. The molecule has 0 aromatic rings. The second-order valence-corrected chi connectivity index (χ2v) is 54.1. The van der Waals surface area contributed by atoms with Crippen LogP contribution < -0.4 is 0 Å². The summed E-state index contributed by atoms with van der Waals surface area (Å²) in [6.07, 6.45) is 20.2. The minimum atomic E-state index is -1.26. The van der Waals surface area contributed by atoms with Crippen LogP contribution in [0.3, 0.4) is 0 Å². The Kier molecular flexibility index (Phi) is 32.5. The molecule has 9 unspecified atom stereocenters. The SMILES string of the molecule is C/C=C(\C)C(=O)OC[C@]1(C)C2CC[C@]3(C)C(CC=C4C5CC(C)(C)[C@@H](O)[C@H](O)[C@]5(COC(=O)C(CC)CC)[C@H](O)C[C@]43C)[C@@]2(C)CC[C@@H]1O.C/C=C(\C)C(=O)OC[C@]1(C)C2CC[C@]3(C)C(CC=C4C5CC(C)(C)[C@@H](O)[C@H](O)[C@]5(COC(=O)CCCCC)[C@H](O)C[C@]43C)[C@@]2(C)CC[C@@H]1O.C/C=C(\C)C(=O)OC[C@]1(C)C2CC[C@]3(C)C(CC=C4C5CC(C)(C)[C@@H](O)[C@H](O)[C@]5(COC(C)=O)[C@H](O)C[C@]43C)[C@@]2(C)CC[C@@H]1O. The van der Waals surface area contributed by atoms with Crippen molar-refractivity contribution >= 4 is 35.8 Å². The molecule has 15 aliphatic carbocycles. The van der Waals surface area contributed by atoms with E-state index < -0.39 is 144 Å². The molecular weight excluding hydrogens is 1810 g/mol. The maximum absolute atomic E-state index is 13.2. The largest absolute Gasteiger partial charge is 0.465 e. The number of aliphatic hydroxyl groups is 12. The Bertz CT molecular complexity index is 4900. The molecule has 810 valence electrons. The van der Waals surface area contributed by atoms with E-state index in [2.05, 4.69) is 108 Å². The van der Waals surface area contributed by atoms with Crippen LogP contribution in [0.5, 0.6) is 0 Å². The number of hydrogen-bond donors (Lipinski definition) is 12. The van der Waals surface area contributed by atoms with Crippen molar-refractivity contribution in [2.75, 3.05) is 39.6 Å². The first kappa shape index (κ1) is 115. The summed E-state index contributed by atoms with van der Waals surface area (Å²) in [5.74, 6) is -1.98. The van der Waals surface area contributed by atoms with Gasteiger partial charge in [0.05, 0.1) is 115 Å². The first-order valence-corrected chi connectivity index (χ1v) is 55.4. The summed E-state index contributed by atoms with van der Waals surface area (Å²) < 4.78 is 35.1. The van der Waals surface area contributed by atoms with Crippen molar-refractivity contribution in [2.24, 2.45) is 157 Å². The van der Waals surface area contributed by atoms with Crippen LogP contribution in [0.15, 0.2) is 69.9 Å². The Morgan fingerprint density at radius 1 is 0.336 bits per heavy atom. The average Bonchev–Trinajstić information content (AvgIpc) is 0.678. The van der Waals surface area contributed by atoms with Crippen LogP contribution >= 0.6 is 0 Å². The number of esters is 6. The van der Waals surface area contributed by atoms with Crippen molar-refractivity contribution in [3.05, 3.63) is 69.9 Å². The minimum absolute atomic E-state index is 0.118. The van der Waals surface area contributed by atoms with Gasteiger partial charge in [0.15, 0.2) is 0 Å². The lowest BCUT2D eigenvalue weighted by atomic mass is 9.33. The maximum atomic E-state index is 13.2. The van der Waals surface area contributed by atoms with Crippen LogP contribution in [0, 0.1) is 157 Å². The summed E-state index contributed by atoms with van der Waals surface area (Å²) in [7, 11) is 0. The number of hydrogen-bond acceptors (Lipinski definition) is 24. The fraction of sp³-hybridized carbons (Fsp3) is 0.849. The summed E-state index contributed by atoms with van der Waals surface area (Å²) in [4.78, 5) is 76.2. The highest BCUT2D eigenvalue weighted by molar-refractivity contribution is 5.88. The standard InChI is InChI=1S/2C41H66O8.C37H58O8/c1-11-24(4)34(46)48-22-38(8)28-16-19-39(9)29(37(28,7)18-17-30(38)42)15-14-26-27-20-36(5,6)32(44)33(45)41(27,31(43)21-40(26,39)10)23-49-35(47)25(12-2)13-3;1-10-12-13-14-32(44)48-24-41-27(21-36(4,5)33(45)34(41)46)26-15-16-29-37(6)19-18-30(42)38(7,23-49-35(47)25(3)11-2)28(37)17-20-39(29,8)40(26,9)22-31(41)43;1-10-21(2)31(43)45-19-34(7)25-13-16-35(8)26(33(25,6)15-14-27(34)39)12-11-23-24-17-32(4,5)29(41)30(42)37(24,20-44-22(3)38)28(40)18-36(23,35)9/h11,14,25,27-33,42-45H,12-13,15-23H2,1-10H3;11,15,27-31,33-34,42-43,45-46H,10,12-14,16-24H2,1-9H3;10-11,24-30,39-42H,12-20H2,1-9H3/b24-11+;25-11+;21-10+/t27?,28?,29?,30-,31+,32-,33-,37-,38+,39+,40+,41-;27?,28?,29?,30-,31+,33-,34-,37-,38+,39+,40+,41-;24?,25?,26?,27-,28+,29-,30-,33-,34+,35+,36+,37-/m000/s1. The third-order valence-electron chi connectivity index (χ3n) is 46.4. The van der Waals surface area contributed by atoms with Gasteiger partial charge in [0.1, 0.15) is 19.8 Å². The molecule has 15 aliphatic rings. The van der Waals surface area contributed by atoms with Gasteiger partial charge in [0.25, 0.3) is 0 Å². The predicted octanol–water partition coefficient (Wildman–Crippen LogP) is 18.3. The molecule has 15 rings (SSSR count). The van der Waals surface area contributed by atoms with Gasteiger partial charge in [-0.15, -0.1) is 0 Å². The number of rotatable bonds is 22. The summed E-state index contributed by atoms with van der Waals surface area (Å²) in [5.41, 5.74) is -4.02. The number of carbonyl (C=O) groups excluding carboxylic acids is 6. The smallest absolute Gasteiger partial charge is 0.333 e. The molecule has 24 nitrogen and oxygen atoms in total. The second-order valence-electron chi connectivity index (χ2n) is 54.1. The highest BCUT2D eigenvalue weighted by Crippen LogP contribution is 2.81. The third-order valence-corrected chi connectivity index (χ3v) is 46.4. The van der Waals surface area contributed by atoms with E-state index in [0.717, 1.165) is 96.3 Å². The first-order chi connectivity index (χ1) is 66.3. The summed E-state index contributed by atoms with van der Waals surface area (Å²) in [6.45, 7) is 57.6.